The Labute approximate surface area is 438 Å². The number of aliphatic hydroxyl groups is 2. The summed E-state index contributed by atoms with van der Waals surface area (Å²) in [5.41, 5.74) is 0. The first-order valence-electron chi connectivity index (χ1n) is 31.9. The summed E-state index contributed by atoms with van der Waals surface area (Å²) in [7, 11) is 0. The first-order valence-corrected chi connectivity index (χ1v) is 31.9. The molecule has 0 heterocycles. The Morgan fingerprint density at radius 2 is 0.686 bits per heavy atom. The minimum Gasteiger partial charge on any atom is -0.462 e. The lowest BCUT2D eigenvalue weighted by molar-refractivity contribution is -0.151. The lowest BCUT2D eigenvalue weighted by Gasteiger charge is -2.24. The molecule has 70 heavy (non-hydrogen) atoms. The topological polar surface area (TPSA) is 95.9 Å². The summed E-state index contributed by atoms with van der Waals surface area (Å²) in [6, 6.07) is -0.700. The van der Waals surface area contributed by atoms with Gasteiger partial charge >= 0.3 is 5.97 Å². The van der Waals surface area contributed by atoms with E-state index in [0.29, 0.717) is 19.3 Å². The molecule has 3 unspecified atom stereocenters. The predicted octanol–water partition coefficient (Wildman–Crippen LogP) is 20.0. The van der Waals surface area contributed by atoms with Crippen molar-refractivity contribution in [3.63, 3.8) is 0 Å². The molecular weight excluding hydrogens is 863 g/mol. The fourth-order valence-electron chi connectivity index (χ4n) is 10.3. The average Bonchev–Trinajstić information content (AvgIpc) is 3.35. The highest BCUT2D eigenvalue weighted by atomic mass is 16.5. The molecule has 6 nitrogen and oxygen atoms in total. The van der Waals surface area contributed by atoms with Crippen molar-refractivity contribution in [2.24, 2.45) is 0 Å². The van der Waals surface area contributed by atoms with E-state index in [1.54, 1.807) is 0 Å². The zero-order valence-electron chi connectivity index (χ0n) is 47.7. The van der Waals surface area contributed by atoms with Crippen LogP contribution in [0.5, 0.6) is 0 Å². The van der Waals surface area contributed by atoms with Crippen LogP contribution in [0, 0.1) is 0 Å². The number of aliphatic hydroxyl groups excluding tert-OH is 2. The van der Waals surface area contributed by atoms with Gasteiger partial charge in [-0.1, -0.05) is 309 Å². The van der Waals surface area contributed by atoms with E-state index < -0.39 is 18.2 Å². The zero-order chi connectivity index (χ0) is 50.9. The molecule has 0 aromatic heterocycles. The summed E-state index contributed by atoms with van der Waals surface area (Å²) >= 11 is 0. The Morgan fingerprint density at radius 3 is 1.01 bits per heavy atom. The van der Waals surface area contributed by atoms with E-state index in [4.69, 9.17) is 4.74 Å². The number of carbonyl (C=O) groups excluding carboxylic acids is 2. The molecule has 0 aromatic rings. The van der Waals surface area contributed by atoms with Gasteiger partial charge in [-0.3, -0.25) is 9.59 Å². The van der Waals surface area contributed by atoms with Gasteiger partial charge < -0.3 is 20.3 Å². The number of rotatable bonds is 59. The molecular formula is C64H125NO5. The quantitative estimate of drug-likeness (QED) is 0.0321. The van der Waals surface area contributed by atoms with Gasteiger partial charge in [-0.25, -0.2) is 0 Å². The SMILES string of the molecule is CCCCCCCC/C=C/CCCCCCCC(CC(=O)NC(CO)C(O)CCCCCCCCCCCCCCCCCCC)OC(=O)CCCCCCCCCCCCCCCCCCCCC. The van der Waals surface area contributed by atoms with Crippen LogP contribution >= 0.6 is 0 Å². The van der Waals surface area contributed by atoms with E-state index in [9.17, 15) is 19.8 Å². The van der Waals surface area contributed by atoms with Crippen LogP contribution in [0.3, 0.4) is 0 Å². The third-order valence-electron chi connectivity index (χ3n) is 15.1. The molecule has 1 amide bonds. The van der Waals surface area contributed by atoms with Gasteiger partial charge in [0.15, 0.2) is 0 Å². The number of ether oxygens (including phenoxy) is 1. The van der Waals surface area contributed by atoms with Crippen molar-refractivity contribution in [2.45, 2.75) is 379 Å². The van der Waals surface area contributed by atoms with Crippen molar-refractivity contribution in [1.29, 1.82) is 0 Å². The highest BCUT2D eigenvalue weighted by molar-refractivity contribution is 5.77. The number of hydrogen-bond acceptors (Lipinski definition) is 5. The standard InChI is InChI=1S/C64H125NO5/c1-4-7-10-13-16-19-22-25-28-30-31-33-36-39-42-45-48-51-54-57-64(69)70-60(55-52-49-46-43-40-37-34-27-24-21-18-15-12-9-6-3)58-63(68)65-61(59-66)62(67)56-53-50-47-44-41-38-35-32-29-26-23-20-17-14-11-8-5-2/h27,34,60-62,66-67H,4-26,28-33,35-59H2,1-3H3,(H,65,68)/b34-27+. The second-order valence-electron chi connectivity index (χ2n) is 22.2. The smallest absolute Gasteiger partial charge is 0.306 e. The maximum Gasteiger partial charge on any atom is 0.306 e. The van der Waals surface area contributed by atoms with Crippen LogP contribution in [0.4, 0.5) is 0 Å². The maximum absolute atomic E-state index is 13.3. The molecule has 3 N–H and O–H groups in total. The monoisotopic (exact) mass is 988 g/mol. The van der Waals surface area contributed by atoms with Gasteiger partial charge in [0, 0.05) is 6.42 Å². The zero-order valence-corrected chi connectivity index (χ0v) is 47.7. The van der Waals surface area contributed by atoms with E-state index in [0.717, 1.165) is 57.8 Å². The molecule has 416 valence electrons. The van der Waals surface area contributed by atoms with Crippen molar-refractivity contribution < 1.29 is 24.5 Å². The van der Waals surface area contributed by atoms with Crippen LogP contribution in [0.25, 0.3) is 0 Å². The van der Waals surface area contributed by atoms with Gasteiger partial charge in [-0.15, -0.1) is 0 Å². The summed E-state index contributed by atoms with van der Waals surface area (Å²) < 4.78 is 5.99. The molecule has 0 aromatic carbocycles. The molecule has 0 rings (SSSR count). The van der Waals surface area contributed by atoms with Gasteiger partial charge in [0.25, 0.3) is 0 Å². The van der Waals surface area contributed by atoms with E-state index in [2.05, 4.69) is 38.2 Å². The summed E-state index contributed by atoms with van der Waals surface area (Å²) in [6.07, 6.45) is 68.6. The Kier molecular flexibility index (Phi) is 57.3. The summed E-state index contributed by atoms with van der Waals surface area (Å²) in [5.74, 6) is -0.454. The van der Waals surface area contributed by atoms with E-state index >= 15 is 0 Å². The summed E-state index contributed by atoms with van der Waals surface area (Å²) in [4.78, 5) is 26.4. The summed E-state index contributed by atoms with van der Waals surface area (Å²) in [5, 5.41) is 24.0. The number of allylic oxidation sites excluding steroid dienone is 2. The predicted molar refractivity (Wildman–Crippen MR) is 306 cm³/mol. The first kappa shape index (κ1) is 68.6. The molecule has 3 atom stereocenters. The molecule has 0 aliphatic heterocycles. The molecule has 0 spiro atoms. The van der Waals surface area contributed by atoms with Gasteiger partial charge in [0.05, 0.1) is 25.2 Å². The van der Waals surface area contributed by atoms with Crippen molar-refractivity contribution in [1.82, 2.24) is 5.32 Å². The van der Waals surface area contributed by atoms with Crippen LogP contribution in [-0.4, -0.2) is 46.9 Å². The van der Waals surface area contributed by atoms with Crippen LogP contribution < -0.4 is 5.32 Å². The molecule has 0 radical (unpaired) electrons. The highest BCUT2D eigenvalue weighted by Gasteiger charge is 2.24. The maximum atomic E-state index is 13.3. The Hall–Kier alpha value is -1.40. The number of hydrogen-bond donors (Lipinski definition) is 3. The highest BCUT2D eigenvalue weighted by Crippen LogP contribution is 2.20. The van der Waals surface area contributed by atoms with E-state index in [1.165, 1.54) is 257 Å². The number of unbranched alkanes of at least 4 members (excludes halogenated alkanes) is 45. The molecule has 0 fully saturated rings. The van der Waals surface area contributed by atoms with E-state index in [-0.39, 0.29) is 24.9 Å². The lowest BCUT2D eigenvalue weighted by Crippen LogP contribution is -2.46. The van der Waals surface area contributed by atoms with Crippen molar-refractivity contribution in [2.75, 3.05) is 6.61 Å². The number of esters is 1. The third kappa shape index (κ3) is 52.9. The largest absolute Gasteiger partial charge is 0.462 e. The van der Waals surface area contributed by atoms with Crippen LogP contribution in [0.15, 0.2) is 12.2 Å². The van der Waals surface area contributed by atoms with E-state index in [1.807, 2.05) is 0 Å². The second kappa shape index (κ2) is 58.5. The fourth-order valence-corrected chi connectivity index (χ4v) is 10.3. The van der Waals surface area contributed by atoms with Crippen molar-refractivity contribution in [3.05, 3.63) is 12.2 Å². The second-order valence-corrected chi connectivity index (χ2v) is 22.2. The van der Waals surface area contributed by atoms with Gasteiger partial charge in [-0.2, -0.15) is 0 Å². The van der Waals surface area contributed by atoms with Gasteiger partial charge in [0.1, 0.15) is 6.10 Å². The average molecular weight is 989 g/mol. The third-order valence-corrected chi connectivity index (χ3v) is 15.1. The van der Waals surface area contributed by atoms with Crippen molar-refractivity contribution in [3.8, 4) is 0 Å². The normalized spacial score (nSPS) is 13.0. The molecule has 0 aliphatic carbocycles. The molecule has 0 bridgehead atoms. The first-order chi connectivity index (χ1) is 34.5. The number of nitrogens with one attached hydrogen (secondary N) is 1. The summed E-state index contributed by atoms with van der Waals surface area (Å²) in [6.45, 7) is 6.54. The molecule has 0 saturated heterocycles. The van der Waals surface area contributed by atoms with Gasteiger partial charge in [0.2, 0.25) is 5.91 Å². The number of carbonyl (C=O) groups is 2. The fraction of sp³-hybridized carbons (Fsp3) is 0.938. The molecule has 0 saturated carbocycles. The lowest BCUT2D eigenvalue weighted by atomic mass is 10.0. The van der Waals surface area contributed by atoms with Crippen molar-refractivity contribution >= 4 is 11.9 Å². The van der Waals surface area contributed by atoms with Crippen LogP contribution in [0.1, 0.15) is 361 Å². The Balaban J connectivity index is 4.46. The minimum atomic E-state index is -0.786. The van der Waals surface area contributed by atoms with Crippen LogP contribution in [-0.2, 0) is 14.3 Å². The minimum absolute atomic E-state index is 0.0800. The Bertz CT molecular complexity index is 1060. The van der Waals surface area contributed by atoms with Gasteiger partial charge in [-0.05, 0) is 51.4 Å². The number of amides is 1. The molecule has 6 heteroatoms. The van der Waals surface area contributed by atoms with Crippen LogP contribution in [0.2, 0.25) is 0 Å². The molecule has 0 aliphatic rings. The Morgan fingerprint density at radius 1 is 0.400 bits per heavy atom.